The summed E-state index contributed by atoms with van der Waals surface area (Å²) in [7, 11) is 0. The number of aromatic nitrogens is 1. The molecule has 200 valence electrons. The van der Waals surface area contributed by atoms with Gasteiger partial charge in [0.05, 0.1) is 21.6 Å². The summed E-state index contributed by atoms with van der Waals surface area (Å²) in [5.41, 5.74) is 0.561. The van der Waals surface area contributed by atoms with E-state index in [2.05, 4.69) is 10.3 Å². The van der Waals surface area contributed by atoms with E-state index in [1.165, 1.54) is 12.3 Å². The molecular formula is C29H29ClF2N2O4. The lowest BCUT2D eigenvalue weighted by molar-refractivity contribution is -0.391. The van der Waals surface area contributed by atoms with Gasteiger partial charge in [0.2, 0.25) is 5.91 Å². The molecule has 38 heavy (non-hydrogen) atoms. The first-order chi connectivity index (χ1) is 17.7. The van der Waals surface area contributed by atoms with E-state index >= 15 is 0 Å². The van der Waals surface area contributed by atoms with Gasteiger partial charge in [-0.05, 0) is 68.7 Å². The molecule has 0 aliphatic heterocycles. The van der Waals surface area contributed by atoms with Crippen molar-refractivity contribution >= 4 is 23.5 Å². The standard InChI is InChI=1S/C29H27ClF2N2O3.H2O/c30-21-7-8-22(31)24(25(21)32)19-6-9-23(33-17-19)20(16-18-4-2-1-3-5-18)26(35)34-29-13-10-28(11-14-29,12-15-29)27(36)37;/h1-9,17,20H,10-16H2,(H,34,35)(H,36,37);1H2. The molecule has 1 atom stereocenters. The highest BCUT2D eigenvalue weighted by Gasteiger charge is 2.53. The minimum atomic E-state index is -0.840. The Morgan fingerprint density at radius 3 is 2.21 bits per heavy atom. The number of hydrogen-bond donors (Lipinski definition) is 2. The summed E-state index contributed by atoms with van der Waals surface area (Å²) in [6.45, 7) is 0. The summed E-state index contributed by atoms with van der Waals surface area (Å²) < 4.78 is 29.0. The van der Waals surface area contributed by atoms with E-state index in [1.807, 2.05) is 30.3 Å². The zero-order valence-corrected chi connectivity index (χ0v) is 21.4. The number of carboxylic acids is 1. The molecule has 1 heterocycles. The molecule has 9 heteroatoms. The minimum absolute atomic E-state index is 0. The largest absolute Gasteiger partial charge is 0.870 e. The van der Waals surface area contributed by atoms with E-state index in [9.17, 15) is 23.5 Å². The van der Waals surface area contributed by atoms with Gasteiger partial charge in [-0.3, -0.25) is 9.59 Å². The third-order valence-electron chi connectivity index (χ3n) is 8.23. The summed E-state index contributed by atoms with van der Waals surface area (Å²) in [5.74, 6) is -3.04. The summed E-state index contributed by atoms with van der Waals surface area (Å²) in [6, 6.07) is 15.2. The van der Waals surface area contributed by atoms with E-state index in [1.54, 1.807) is 12.1 Å². The molecule has 4 N–H and O–H groups in total. The number of pyridine rings is 1. The Hall–Kier alpha value is -3.36. The second kappa shape index (κ2) is 10.8. The van der Waals surface area contributed by atoms with Crippen molar-refractivity contribution in [2.75, 3.05) is 0 Å². The molecule has 0 radical (unpaired) electrons. The van der Waals surface area contributed by atoms with Gasteiger partial charge >= 0.3 is 5.97 Å². The molecule has 3 fully saturated rings. The average molecular weight is 543 g/mol. The van der Waals surface area contributed by atoms with E-state index < -0.39 is 34.5 Å². The molecule has 3 aliphatic carbocycles. The first-order valence-electron chi connectivity index (χ1n) is 12.5. The number of carbonyl (C=O) groups excluding carboxylic acids is 1. The SMILES string of the molecule is O=C(NC12CCC(C(=O)O)(CC1)CC2)C(Cc1ccccc1)c1ccc(-c2c(F)ccc(Cl)c2F)c[nH+]1.[OH-]. The maximum absolute atomic E-state index is 14.6. The fourth-order valence-corrected chi connectivity index (χ4v) is 5.99. The fraction of sp³-hybridized carbons (Fsp3) is 0.345. The number of halogens is 3. The van der Waals surface area contributed by atoms with Gasteiger partial charge in [-0.1, -0.05) is 41.9 Å². The number of H-pyrrole nitrogens is 1. The molecule has 0 spiro atoms. The Morgan fingerprint density at radius 2 is 1.63 bits per heavy atom. The Balaban J connectivity index is 0.00000336. The molecule has 2 bridgehead atoms. The molecule has 3 aromatic rings. The molecule has 1 unspecified atom stereocenters. The van der Waals surface area contributed by atoms with Crippen molar-refractivity contribution < 1.29 is 33.9 Å². The predicted octanol–water partition coefficient (Wildman–Crippen LogP) is 5.54. The van der Waals surface area contributed by atoms with Gasteiger partial charge in [0, 0.05) is 11.6 Å². The number of benzene rings is 2. The van der Waals surface area contributed by atoms with Gasteiger partial charge in [0.25, 0.3) is 0 Å². The topological polar surface area (TPSA) is 111 Å². The number of carboxylic acid groups (broad SMARTS) is 1. The third-order valence-corrected chi connectivity index (χ3v) is 8.52. The molecule has 3 saturated carbocycles. The Bertz CT molecular complexity index is 1310. The van der Waals surface area contributed by atoms with Crippen LogP contribution in [0, 0.1) is 17.0 Å². The van der Waals surface area contributed by atoms with Crippen LogP contribution in [0.2, 0.25) is 5.02 Å². The van der Waals surface area contributed by atoms with Gasteiger partial charge in [0.1, 0.15) is 11.7 Å². The number of hydrogen-bond acceptors (Lipinski definition) is 3. The molecule has 1 amide bonds. The number of fused-ring (bicyclic) bond motifs is 3. The molecule has 0 saturated heterocycles. The first kappa shape index (κ1) is 27.7. The molecule has 6 nitrogen and oxygen atoms in total. The van der Waals surface area contributed by atoms with Crippen LogP contribution in [0.3, 0.4) is 0 Å². The molecule has 3 aliphatic rings. The highest BCUT2D eigenvalue weighted by molar-refractivity contribution is 6.31. The van der Waals surface area contributed by atoms with Crippen LogP contribution in [0.4, 0.5) is 8.78 Å². The zero-order chi connectivity index (χ0) is 26.2. The van der Waals surface area contributed by atoms with Crippen LogP contribution in [-0.4, -0.2) is 28.0 Å². The van der Waals surface area contributed by atoms with Crippen molar-refractivity contribution in [1.82, 2.24) is 5.32 Å². The van der Waals surface area contributed by atoms with Crippen molar-refractivity contribution in [3.63, 3.8) is 0 Å². The molecular weight excluding hydrogens is 514 g/mol. The van der Waals surface area contributed by atoms with Gasteiger partial charge < -0.3 is 15.9 Å². The van der Waals surface area contributed by atoms with Crippen LogP contribution in [0.5, 0.6) is 0 Å². The highest BCUT2D eigenvalue weighted by atomic mass is 35.5. The van der Waals surface area contributed by atoms with Gasteiger partial charge in [-0.15, -0.1) is 0 Å². The summed E-state index contributed by atoms with van der Waals surface area (Å²) in [4.78, 5) is 28.6. The van der Waals surface area contributed by atoms with Crippen molar-refractivity contribution in [2.45, 2.75) is 56.4 Å². The monoisotopic (exact) mass is 542 g/mol. The second-order valence-corrected chi connectivity index (χ2v) is 10.8. The van der Waals surface area contributed by atoms with Crippen LogP contribution in [0.25, 0.3) is 11.1 Å². The van der Waals surface area contributed by atoms with Crippen molar-refractivity contribution in [3.8, 4) is 11.1 Å². The van der Waals surface area contributed by atoms with Gasteiger partial charge in [-0.2, -0.15) is 0 Å². The summed E-state index contributed by atoms with van der Waals surface area (Å²) in [6.07, 6.45) is 5.50. The number of aliphatic carboxylic acids is 1. The van der Waals surface area contributed by atoms with Crippen LogP contribution >= 0.6 is 11.6 Å². The number of rotatable bonds is 7. The van der Waals surface area contributed by atoms with Crippen molar-refractivity contribution in [1.29, 1.82) is 0 Å². The van der Waals surface area contributed by atoms with E-state index in [0.717, 1.165) is 11.6 Å². The van der Waals surface area contributed by atoms with Crippen molar-refractivity contribution in [2.24, 2.45) is 5.41 Å². The quantitative estimate of drug-likeness (QED) is 0.382. The molecule has 1 aromatic heterocycles. The lowest BCUT2D eigenvalue weighted by atomic mass is 9.57. The summed E-state index contributed by atoms with van der Waals surface area (Å²) >= 11 is 5.86. The third kappa shape index (κ3) is 5.15. The Kier molecular flexibility index (Phi) is 7.85. The maximum Gasteiger partial charge on any atom is 0.309 e. The minimum Gasteiger partial charge on any atom is -0.870 e. The Labute approximate surface area is 224 Å². The maximum atomic E-state index is 14.6. The highest BCUT2D eigenvalue weighted by Crippen LogP contribution is 2.52. The van der Waals surface area contributed by atoms with E-state index in [0.29, 0.717) is 50.6 Å². The van der Waals surface area contributed by atoms with Gasteiger partial charge in [0.15, 0.2) is 17.7 Å². The summed E-state index contributed by atoms with van der Waals surface area (Å²) in [5, 5.41) is 12.8. The number of carbonyl (C=O) groups is 2. The number of nitrogens with one attached hydrogen (secondary N) is 2. The lowest BCUT2D eigenvalue weighted by Crippen LogP contribution is -2.59. The predicted molar refractivity (Wildman–Crippen MR) is 137 cm³/mol. The van der Waals surface area contributed by atoms with E-state index in [-0.39, 0.29) is 27.5 Å². The molecule has 2 aromatic carbocycles. The second-order valence-electron chi connectivity index (χ2n) is 10.3. The first-order valence-corrected chi connectivity index (χ1v) is 12.8. The normalized spacial score (nSPS) is 22.8. The van der Waals surface area contributed by atoms with Crippen LogP contribution in [-0.2, 0) is 16.0 Å². The lowest BCUT2D eigenvalue weighted by Gasteiger charge is -2.51. The van der Waals surface area contributed by atoms with Crippen molar-refractivity contribution in [3.05, 3.63) is 88.7 Å². The van der Waals surface area contributed by atoms with E-state index in [4.69, 9.17) is 11.6 Å². The number of amides is 1. The van der Waals surface area contributed by atoms with Gasteiger partial charge in [-0.25, -0.2) is 13.8 Å². The smallest absolute Gasteiger partial charge is 0.309 e. The van der Waals surface area contributed by atoms with Crippen LogP contribution in [0.15, 0.2) is 60.8 Å². The Morgan fingerprint density at radius 1 is 0.974 bits per heavy atom. The molecule has 6 rings (SSSR count). The fourth-order valence-electron chi connectivity index (χ4n) is 5.84. The average Bonchev–Trinajstić information content (AvgIpc) is 2.91. The number of aromatic amines is 1. The van der Waals surface area contributed by atoms with Crippen LogP contribution < -0.4 is 10.3 Å². The van der Waals surface area contributed by atoms with Crippen LogP contribution in [0.1, 0.15) is 55.7 Å². The zero-order valence-electron chi connectivity index (χ0n) is 20.6.